The van der Waals surface area contributed by atoms with Crippen LogP contribution in [0.15, 0.2) is 29.2 Å². The van der Waals surface area contributed by atoms with Crippen molar-refractivity contribution in [3.8, 4) is 0 Å². The maximum Gasteiger partial charge on any atom is 0.0141 e. The molecule has 0 spiro atoms. The van der Waals surface area contributed by atoms with Crippen molar-refractivity contribution in [1.82, 2.24) is 0 Å². The molecule has 0 amide bonds. The van der Waals surface area contributed by atoms with Gasteiger partial charge >= 0.3 is 0 Å². The maximum atomic E-state index is 6.20. The van der Waals surface area contributed by atoms with E-state index in [-0.39, 0.29) is 0 Å². The molecular weight excluding hydrogens is 262 g/mol. The number of benzene rings is 1. The summed E-state index contributed by atoms with van der Waals surface area (Å²) in [5.41, 5.74) is 8.19. The van der Waals surface area contributed by atoms with Crippen LogP contribution in [0.1, 0.15) is 51.0 Å². The molecule has 0 radical (unpaired) electrons. The molecule has 3 rings (SSSR count). The second kappa shape index (κ2) is 6.11. The fourth-order valence-electron chi connectivity index (χ4n) is 4.04. The van der Waals surface area contributed by atoms with Crippen molar-refractivity contribution < 1.29 is 0 Å². The number of rotatable bonds is 4. The van der Waals surface area contributed by atoms with Gasteiger partial charge < -0.3 is 5.73 Å². The van der Waals surface area contributed by atoms with Gasteiger partial charge in [0.1, 0.15) is 0 Å². The van der Waals surface area contributed by atoms with Crippen LogP contribution in [0.5, 0.6) is 0 Å². The summed E-state index contributed by atoms with van der Waals surface area (Å²) in [6, 6.07) is 8.92. The standard InChI is InChI=1S/C18H27NS/c1-2-14-7-9-18(13-19,10-8-14)12-16-11-15-5-3-4-6-17(15)20-16/h3-6,14,16H,2,7-13,19H2,1H3. The molecule has 20 heavy (non-hydrogen) atoms. The second-order valence-corrected chi connectivity index (χ2v) is 8.15. The summed E-state index contributed by atoms with van der Waals surface area (Å²) in [5, 5.41) is 0.758. The third-order valence-corrected chi connectivity index (χ3v) is 6.87. The first kappa shape index (κ1) is 14.5. The molecule has 1 saturated carbocycles. The van der Waals surface area contributed by atoms with E-state index in [1.165, 1.54) is 49.8 Å². The van der Waals surface area contributed by atoms with E-state index in [2.05, 4.69) is 43.0 Å². The van der Waals surface area contributed by atoms with Gasteiger partial charge in [0.15, 0.2) is 0 Å². The van der Waals surface area contributed by atoms with Crippen molar-refractivity contribution in [3.63, 3.8) is 0 Å². The molecule has 1 heterocycles. The number of hydrogen-bond donors (Lipinski definition) is 1. The van der Waals surface area contributed by atoms with Crippen LogP contribution < -0.4 is 5.73 Å². The molecule has 1 aliphatic heterocycles. The Bertz CT molecular complexity index is 423. The lowest BCUT2D eigenvalue weighted by atomic mass is 9.67. The van der Waals surface area contributed by atoms with E-state index in [1.807, 2.05) is 0 Å². The van der Waals surface area contributed by atoms with Crippen molar-refractivity contribution in [2.75, 3.05) is 6.54 Å². The summed E-state index contributed by atoms with van der Waals surface area (Å²) >= 11 is 2.09. The zero-order valence-corrected chi connectivity index (χ0v) is 13.4. The third-order valence-electron chi connectivity index (χ3n) is 5.55. The summed E-state index contributed by atoms with van der Waals surface area (Å²) in [7, 11) is 0. The summed E-state index contributed by atoms with van der Waals surface area (Å²) < 4.78 is 0. The van der Waals surface area contributed by atoms with Gasteiger partial charge in [-0.05, 0) is 68.0 Å². The van der Waals surface area contributed by atoms with Gasteiger partial charge in [0.25, 0.3) is 0 Å². The molecule has 0 saturated heterocycles. The highest BCUT2D eigenvalue weighted by Gasteiger charge is 2.37. The fraction of sp³-hybridized carbons (Fsp3) is 0.667. The van der Waals surface area contributed by atoms with E-state index in [0.29, 0.717) is 5.41 Å². The summed E-state index contributed by atoms with van der Waals surface area (Å²) in [4.78, 5) is 1.51. The van der Waals surface area contributed by atoms with Crippen LogP contribution in [-0.2, 0) is 6.42 Å². The Hall–Kier alpha value is -0.470. The quantitative estimate of drug-likeness (QED) is 0.874. The number of thioether (sulfide) groups is 1. The summed E-state index contributed by atoms with van der Waals surface area (Å²) in [6.45, 7) is 3.22. The van der Waals surface area contributed by atoms with Crippen LogP contribution in [0.2, 0.25) is 0 Å². The van der Waals surface area contributed by atoms with E-state index in [0.717, 1.165) is 17.7 Å². The Labute approximate surface area is 127 Å². The van der Waals surface area contributed by atoms with Gasteiger partial charge in [-0.1, -0.05) is 31.5 Å². The van der Waals surface area contributed by atoms with Crippen LogP contribution in [0.4, 0.5) is 0 Å². The SMILES string of the molecule is CCC1CCC(CN)(CC2Cc3ccccc3S2)CC1. The van der Waals surface area contributed by atoms with Gasteiger partial charge in [-0.3, -0.25) is 0 Å². The second-order valence-electron chi connectivity index (χ2n) is 6.81. The summed E-state index contributed by atoms with van der Waals surface area (Å²) in [5.74, 6) is 0.961. The first-order chi connectivity index (χ1) is 9.74. The molecule has 1 fully saturated rings. The highest BCUT2D eigenvalue weighted by Crippen LogP contribution is 2.48. The van der Waals surface area contributed by atoms with Crippen LogP contribution in [0, 0.1) is 11.3 Å². The van der Waals surface area contributed by atoms with Gasteiger partial charge in [0.05, 0.1) is 0 Å². The minimum Gasteiger partial charge on any atom is -0.330 e. The van der Waals surface area contributed by atoms with Gasteiger partial charge in [-0.25, -0.2) is 0 Å². The number of hydrogen-bond acceptors (Lipinski definition) is 2. The lowest BCUT2D eigenvalue weighted by Gasteiger charge is -2.41. The number of fused-ring (bicyclic) bond motifs is 1. The first-order valence-corrected chi connectivity index (χ1v) is 9.07. The molecule has 0 aromatic heterocycles. The van der Waals surface area contributed by atoms with Crippen molar-refractivity contribution >= 4 is 11.8 Å². The third kappa shape index (κ3) is 2.92. The average Bonchev–Trinajstić information content (AvgIpc) is 2.90. The molecule has 1 aromatic carbocycles. The molecule has 1 aromatic rings. The van der Waals surface area contributed by atoms with Crippen molar-refractivity contribution in [3.05, 3.63) is 29.8 Å². The van der Waals surface area contributed by atoms with Gasteiger partial charge in [-0.15, -0.1) is 11.8 Å². The first-order valence-electron chi connectivity index (χ1n) is 8.19. The highest BCUT2D eigenvalue weighted by atomic mass is 32.2. The highest BCUT2D eigenvalue weighted by molar-refractivity contribution is 8.00. The molecule has 2 N–H and O–H groups in total. The summed E-state index contributed by atoms with van der Waals surface area (Å²) in [6.07, 6.45) is 9.43. The minimum absolute atomic E-state index is 0.436. The Kier molecular flexibility index (Phi) is 4.42. The van der Waals surface area contributed by atoms with E-state index in [1.54, 1.807) is 5.56 Å². The average molecular weight is 289 g/mol. The predicted octanol–water partition coefficient (Wildman–Crippen LogP) is 4.64. The molecule has 2 aliphatic rings. The Morgan fingerprint density at radius 2 is 2.00 bits per heavy atom. The largest absolute Gasteiger partial charge is 0.330 e. The molecule has 1 atom stereocenters. The maximum absolute atomic E-state index is 6.20. The normalized spacial score (nSPS) is 33.1. The van der Waals surface area contributed by atoms with Crippen molar-refractivity contribution in [1.29, 1.82) is 0 Å². The zero-order valence-electron chi connectivity index (χ0n) is 12.6. The molecule has 1 unspecified atom stereocenters. The lowest BCUT2D eigenvalue weighted by molar-refractivity contribution is 0.142. The van der Waals surface area contributed by atoms with E-state index >= 15 is 0 Å². The Balaban J connectivity index is 1.63. The van der Waals surface area contributed by atoms with Gasteiger partial charge in [0, 0.05) is 10.1 Å². The van der Waals surface area contributed by atoms with Gasteiger partial charge in [-0.2, -0.15) is 0 Å². The Morgan fingerprint density at radius 1 is 1.25 bits per heavy atom. The smallest absolute Gasteiger partial charge is 0.0141 e. The van der Waals surface area contributed by atoms with Crippen LogP contribution in [-0.4, -0.2) is 11.8 Å². The topological polar surface area (TPSA) is 26.0 Å². The molecule has 1 aliphatic carbocycles. The van der Waals surface area contributed by atoms with E-state index in [9.17, 15) is 0 Å². The van der Waals surface area contributed by atoms with E-state index < -0.39 is 0 Å². The van der Waals surface area contributed by atoms with Crippen LogP contribution in [0.25, 0.3) is 0 Å². The Morgan fingerprint density at radius 3 is 2.65 bits per heavy atom. The van der Waals surface area contributed by atoms with E-state index in [4.69, 9.17) is 5.73 Å². The zero-order chi connectivity index (χ0) is 14.0. The van der Waals surface area contributed by atoms with Crippen LogP contribution in [0.3, 0.4) is 0 Å². The van der Waals surface area contributed by atoms with Crippen LogP contribution >= 0.6 is 11.8 Å². The lowest BCUT2D eigenvalue weighted by Crippen LogP contribution is -2.37. The van der Waals surface area contributed by atoms with Crippen molar-refractivity contribution in [2.45, 2.75) is 62.0 Å². The van der Waals surface area contributed by atoms with Gasteiger partial charge in [0.2, 0.25) is 0 Å². The number of nitrogens with two attached hydrogens (primary N) is 1. The fourth-order valence-corrected chi connectivity index (χ4v) is 5.56. The predicted molar refractivity (Wildman–Crippen MR) is 88.1 cm³/mol. The molecular formula is C18H27NS. The van der Waals surface area contributed by atoms with Crippen molar-refractivity contribution in [2.24, 2.45) is 17.1 Å². The molecule has 110 valence electrons. The molecule has 0 bridgehead atoms. The minimum atomic E-state index is 0.436. The molecule has 2 heteroatoms. The monoisotopic (exact) mass is 289 g/mol. The molecule has 1 nitrogen and oxygen atoms in total.